The molecule has 4 aromatic heterocycles. The van der Waals surface area contributed by atoms with E-state index in [1.165, 1.54) is 6.20 Å². The molecule has 0 aliphatic heterocycles. The molecule has 0 spiro atoms. The lowest BCUT2D eigenvalue weighted by Gasteiger charge is -2.08. The monoisotopic (exact) mass is 475 g/mol. The van der Waals surface area contributed by atoms with Crippen molar-refractivity contribution in [3.8, 4) is 11.3 Å². The summed E-state index contributed by atoms with van der Waals surface area (Å²) in [5.41, 5.74) is 3.25. The third kappa shape index (κ3) is 3.29. The lowest BCUT2D eigenvalue weighted by molar-refractivity contribution is 0.0945. The molecule has 3 atom stereocenters. The fraction of sp³-hybridized carbons (Fsp3) is 0.292. The molecule has 0 amide bonds. The van der Waals surface area contributed by atoms with Crippen LogP contribution in [0.4, 0.5) is 8.78 Å². The van der Waals surface area contributed by atoms with E-state index in [2.05, 4.69) is 31.2 Å². The molecule has 11 heteroatoms. The summed E-state index contributed by atoms with van der Waals surface area (Å²) >= 11 is 0. The van der Waals surface area contributed by atoms with Crippen molar-refractivity contribution in [1.29, 1.82) is 0 Å². The maximum Gasteiger partial charge on any atom is 0.325 e. The van der Waals surface area contributed by atoms with Crippen LogP contribution in [0, 0.1) is 5.92 Å². The van der Waals surface area contributed by atoms with E-state index in [0.29, 0.717) is 11.3 Å². The molecule has 0 unspecified atom stereocenters. The van der Waals surface area contributed by atoms with E-state index >= 15 is 0 Å². The number of rotatable bonds is 5. The molecule has 2 aliphatic rings. The summed E-state index contributed by atoms with van der Waals surface area (Å²) in [6, 6.07) is 7.94. The zero-order valence-electron chi connectivity index (χ0n) is 18.3. The molecule has 5 aromatic rings. The van der Waals surface area contributed by atoms with Gasteiger partial charge in [0.2, 0.25) is 0 Å². The average Bonchev–Trinajstić information content (AvgIpc) is 3.59. The van der Waals surface area contributed by atoms with E-state index in [4.69, 9.17) is 0 Å². The number of nitrogens with zero attached hydrogens (tertiary/aromatic N) is 5. The molecule has 1 aromatic carbocycles. The second kappa shape index (κ2) is 6.94. The molecule has 9 nitrogen and oxygen atoms in total. The summed E-state index contributed by atoms with van der Waals surface area (Å²) < 4.78 is 30.2. The van der Waals surface area contributed by atoms with Gasteiger partial charge in [0, 0.05) is 41.9 Å². The van der Waals surface area contributed by atoms with E-state index in [-0.39, 0.29) is 30.4 Å². The van der Waals surface area contributed by atoms with Crippen molar-refractivity contribution < 1.29 is 8.78 Å². The van der Waals surface area contributed by atoms with Gasteiger partial charge in [0.15, 0.2) is 5.65 Å². The Balaban J connectivity index is 1.24. The summed E-state index contributed by atoms with van der Waals surface area (Å²) in [6.45, 7) is 0.212. The zero-order chi connectivity index (χ0) is 23.9. The Morgan fingerprint density at radius 3 is 2.83 bits per heavy atom. The quantitative estimate of drug-likeness (QED) is 0.406. The highest BCUT2D eigenvalue weighted by molar-refractivity contribution is 5.80. The third-order valence-electron chi connectivity index (χ3n) is 7.12. The first-order valence-electron chi connectivity index (χ1n) is 11.4. The van der Waals surface area contributed by atoms with Crippen LogP contribution in [0.15, 0.2) is 58.6 Å². The van der Waals surface area contributed by atoms with Crippen molar-refractivity contribution in [2.75, 3.05) is 0 Å². The van der Waals surface area contributed by atoms with Crippen LogP contribution in [0.2, 0.25) is 0 Å². The fourth-order valence-electron chi connectivity index (χ4n) is 4.99. The first-order chi connectivity index (χ1) is 16.9. The van der Waals surface area contributed by atoms with Crippen LogP contribution < -0.4 is 11.2 Å². The summed E-state index contributed by atoms with van der Waals surface area (Å²) in [6.07, 6.45) is 7.25. The van der Waals surface area contributed by atoms with Gasteiger partial charge in [-0.2, -0.15) is 10.2 Å². The number of alkyl halides is 2. The Hall–Kier alpha value is -4.15. The first kappa shape index (κ1) is 20.2. The zero-order valence-corrected chi connectivity index (χ0v) is 18.3. The number of imidazole rings is 1. The van der Waals surface area contributed by atoms with Crippen molar-refractivity contribution in [2.24, 2.45) is 5.92 Å². The minimum atomic E-state index is -2.58. The number of aromatic amines is 2. The largest absolute Gasteiger partial charge is 0.325 e. The molecule has 0 saturated heterocycles. The Morgan fingerprint density at radius 1 is 1.17 bits per heavy atom. The molecule has 0 bridgehead atoms. The van der Waals surface area contributed by atoms with Gasteiger partial charge in [0.1, 0.15) is 0 Å². The second-order valence-electron chi connectivity index (χ2n) is 9.42. The molecule has 2 aliphatic carbocycles. The standard InChI is InChI=1S/C24H19F2N7O2/c25-24(26)8-14(24)11-33-20-5-12(1-2-13(20)9-29-33)15-6-16(15)17-7-19(31-32-4-3-27-21(17)32)18-10-28-23(35)30-22(18)34/h1-5,7,9-10,14-16H,6,8,11H2,(H2,28,30,34,35)/t14-,15+,16-/m0/s1. The summed E-state index contributed by atoms with van der Waals surface area (Å²) in [7, 11) is 0. The second-order valence-corrected chi connectivity index (χ2v) is 9.42. The van der Waals surface area contributed by atoms with Gasteiger partial charge in [-0.3, -0.25) is 14.5 Å². The minimum absolute atomic E-state index is 0.0818. The molecule has 2 fully saturated rings. The Labute approximate surface area is 195 Å². The number of nitrogens with one attached hydrogen (secondary N) is 2. The van der Waals surface area contributed by atoms with E-state index < -0.39 is 23.1 Å². The molecule has 7 rings (SSSR count). The molecule has 4 heterocycles. The molecule has 2 saturated carbocycles. The number of fused-ring (bicyclic) bond motifs is 2. The molecule has 176 valence electrons. The molecular formula is C24H19F2N7O2. The predicted octanol–water partition coefficient (Wildman–Crippen LogP) is 3.05. The maximum absolute atomic E-state index is 13.5. The third-order valence-corrected chi connectivity index (χ3v) is 7.12. The van der Waals surface area contributed by atoms with E-state index in [0.717, 1.165) is 28.5 Å². The average molecular weight is 475 g/mol. The maximum atomic E-state index is 13.5. The summed E-state index contributed by atoms with van der Waals surface area (Å²) in [5.74, 6) is -2.86. The Morgan fingerprint density at radius 2 is 2.03 bits per heavy atom. The molecule has 0 radical (unpaired) electrons. The molecular weight excluding hydrogens is 456 g/mol. The fourth-order valence-corrected chi connectivity index (χ4v) is 4.99. The number of H-pyrrole nitrogens is 2. The van der Waals surface area contributed by atoms with Gasteiger partial charge in [-0.05, 0) is 36.0 Å². The van der Waals surface area contributed by atoms with Gasteiger partial charge in [-0.1, -0.05) is 12.1 Å². The summed E-state index contributed by atoms with van der Waals surface area (Å²) in [4.78, 5) is 33.0. The highest BCUT2D eigenvalue weighted by Gasteiger charge is 2.57. The minimum Gasteiger partial charge on any atom is -0.313 e. The number of benzene rings is 1. The van der Waals surface area contributed by atoms with Crippen molar-refractivity contribution in [2.45, 2.75) is 37.1 Å². The smallest absolute Gasteiger partial charge is 0.313 e. The van der Waals surface area contributed by atoms with Crippen molar-refractivity contribution >= 4 is 16.6 Å². The lowest BCUT2D eigenvalue weighted by Crippen LogP contribution is -2.23. The number of hydrogen-bond donors (Lipinski definition) is 2. The SMILES string of the molecule is O=c1[nH]cc(-c2cc([C@H]3C[C@@H]3c3ccc4cnn(C[C@@H]5CC5(F)F)c4c3)c3nccn3n2)c(=O)[nH]1. The van der Waals surface area contributed by atoms with Crippen LogP contribution in [0.3, 0.4) is 0 Å². The number of aromatic nitrogens is 7. The molecule has 2 N–H and O–H groups in total. The number of halogens is 2. The van der Waals surface area contributed by atoms with E-state index in [9.17, 15) is 18.4 Å². The summed E-state index contributed by atoms with van der Waals surface area (Å²) in [5, 5.41) is 9.76. The Kier molecular flexibility index (Phi) is 4.01. The van der Waals surface area contributed by atoms with Crippen LogP contribution in [0.25, 0.3) is 27.8 Å². The van der Waals surface area contributed by atoms with Crippen LogP contribution in [-0.4, -0.2) is 40.3 Å². The van der Waals surface area contributed by atoms with E-state index in [1.54, 1.807) is 27.8 Å². The van der Waals surface area contributed by atoms with Gasteiger partial charge < -0.3 is 4.98 Å². The van der Waals surface area contributed by atoms with Crippen LogP contribution in [0.5, 0.6) is 0 Å². The van der Waals surface area contributed by atoms with Gasteiger partial charge in [0.05, 0.1) is 29.5 Å². The van der Waals surface area contributed by atoms with Gasteiger partial charge in [-0.15, -0.1) is 0 Å². The van der Waals surface area contributed by atoms with Crippen molar-refractivity contribution in [3.63, 3.8) is 0 Å². The number of hydrogen-bond acceptors (Lipinski definition) is 5. The van der Waals surface area contributed by atoms with Gasteiger partial charge >= 0.3 is 5.69 Å². The van der Waals surface area contributed by atoms with Crippen LogP contribution in [-0.2, 0) is 6.54 Å². The van der Waals surface area contributed by atoms with Crippen molar-refractivity contribution in [3.05, 3.63) is 81.0 Å². The molecule has 35 heavy (non-hydrogen) atoms. The highest BCUT2D eigenvalue weighted by Crippen LogP contribution is 2.56. The highest BCUT2D eigenvalue weighted by atomic mass is 19.3. The topological polar surface area (TPSA) is 114 Å². The van der Waals surface area contributed by atoms with Crippen LogP contribution in [0.1, 0.15) is 35.8 Å². The Bertz CT molecular complexity index is 1750. The van der Waals surface area contributed by atoms with Crippen molar-refractivity contribution in [1.82, 2.24) is 34.3 Å². The van der Waals surface area contributed by atoms with Gasteiger partial charge in [-0.25, -0.2) is 23.1 Å². The first-order valence-corrected chi connectivity index (χ1v) is 11.4. The van der Waals surface area contributed by atoms with Gasteiger partial charge in [0.25, 0.3) is 11.5 Å². The van der Waals surface area contributed by atoms with E-state index in [1.807, 2.05) is 18.2 Å². The lowest BCUT2D eigenvalue weighted by atomic mass is 10.0. The predicted molar refractivity (Wildman–Crippen MR) is 123 cm³/mol. The normalized spacial score (nSPS) is 22.6. The van der Waals surface area contributed by atoms with Crippen LogP contribution >= 0.6 is 0 Å².